The summed E-state index contributed by atoms with van der Waals surface area (Å²) in [4.78, 5) is 22.2. The van der Waals surface area contributed by atoms with E-state index in [9.17, 15) is 13.8 Å². The van der Waals surface area contributed by atoms with Gasteiger partial charge in [-0.25, -0.2) is 0 Å². The average molecular weight is 283 g/mol. The number of hydrogen-bond acceptors (Lipinski definition) is 3. The standard InChI is InChI=1S/C13H17NO4S/c1-14-12(15)9-19(18)11(13(16)17)8-7-10-5-3-2-4-6-10/h2-6,11H,7-9H2,1H3,(H,14,15)(H,16,17). The molecule has 1 rings (SSSR count). The summed E-state index contributed by atoms with van der Waals surface area (Å²) in [7, 11) is -0.273. The van der Waals surface area contributed by atoms with Crippen molar-refractivity contribution in [2.24, 2.45) is 0 Å². The molecule has 0 aliphatic carbocycles. The predicted octanol–water partition coefficient (Wildman–Crippen LogP) is 0.567. The number of hydrogen-bond donors (Lipinski definition) is 2. The highest BCUT2D eigenvalue weighted by molar-refractivity contribution is 7.87. The maximum atomic E-state index is 11.8. The summed E-state index contributed by atoms with van der Waals surface area (Å²) in [5, 5.41) is 10.4. The minimum Gasteiger partial charge on any atom is -0.480 e. The zero-order chi connectivity index (χ0) is 14.3. The topological polar surface area (TPSA) is 83.5 Å². The van der Waals surface area contributed by atoms with Gasteiger partial charge in [-0.05, 0) is 18.4 Å². The molecule has 0 aromatic heterocycles. The van der Waals surface area contributed by atoms with Crippen molar-refractivity contribution in [3.63, 3.8) is 0 Å². The maximum Gasteiger partial charge on any atom is 0.319 e. The van der Waals surface area contributed by atoms with Gasteiger partial charge in [0.2, 0.25) is 5.91 Å². The summed E-state index contributed by atoms with van der Waals surface area (Å²) < 4.78 is 11.8. The molecule has 2 atom stereocenters. The summed E-state index contributed by atoms with van der Waals surface area (Å²) >= 11 is 0. The molecule has 5 nitrogen and oxygen atoms in total. The first-order valence-electron chi connectivity index (χ1n) is 5.89. The molecule has 104 valence electrons. The second-order valence-corrected chi connectivity index (χ2v) is 5.67. The van der Waals surface area contributed by atoms with Gasteiger partial charge in [0.1, 0.15) is 11.0 Å². The molecule has 0 bridgehead atoms. The number of carbonyl (C=O) groups is 2. The Balaban J connectivity index is 2.61. The fourth-order valence-electron chi connectivity index (χ4n) is 1.61. The number of carboxylic acids is 1. The molecule has 1 aromatic carbocycles. The van der Waals surface area contributed by atoms with Gasteiger partial charge in [-0.2, -0.15) is 0 Å². The van der Waals surface area contributed by atoms with Crippen molar-refractivity contribution < 1.29 is 18.9 Å². The Morgan fingerprint density at radius 2 is 1.95 bits per heavy atom. The summed E-state index contributed by atoms with van der Waals surface area (Å²) in [6, 6.07) is 9.39. The lowest BCUT2D eigenvalue weighted by atomic mass is 10.1. The van der Waals surface area contributed by atoms with Crippen LogP contribution in [0, 0.1) is 0 Å². The number of carboxylic acid groups (broad SMARTS) is 1. The molecule has 0 radical (unpaired) electrons. The number of nitrogens with one attached hydrogen (secondary N) is 1. The van der Waals surface area contributed by atoms with Crippen LogP contribution >= 0.6 is 0 Å². The van der Waals surface area contributed by atoms with Crippen LogP contribution in [0.2, 0.25) is 0 Å². The Hall–Kier alpha value is -1.69. The lowest BCUT2D eigenvalue weighted by Crippen LogP contribution is -2.33. The summed E-state index contributed by atoms with van der Waals surface area (Å²) in [5.41, 5.74) is 0.991. The number of carbonyl (C=O) groups excluding carboxylic acids is 1. The maximum absolute atomic E-state index is 11.8. The molecule has 19 heavy (non-hydrogen) atoms. The van der Waals surface area contributed by atoms with E-state index in [1.807, 2.05) is 30.3 Å². The smallest absolute Gasteiger partial charge is 0.319 e. The van der Waals surface area contributed by atoms with E-state index in [1.165, 1.54) is 7.05 Å². The first-order chi connectivity index (χ1) is 9.04. The quantitative estimate of drug-likeness (QED) is 0.766. The Morgan fingerprint density at radius 3 is 2.47 bits per heavy atom. The average Bonchev–Trinajstić information content (AvgIpc) is 2.39. The van der Waals surface area contributed by atoms with Gasteiger partial charge in [0.25, 0.3) is 0 Å². The molecule has 1 aromatic rings. The predicted molar refractivity (Wildman–Crippen MR) is 73.3 cm³/mol. The minimum atomic E-state index is -1.70. The molecule has 0 heterocycles. The Labute approximate surface area is 114 Å². The van der Waals surface area contributed by atoms with Crippen molar-refractivity contribution in [1.29, 1.82) is 0 Å². The molecule has 0 saturated carbocycles. The van der Waals surface area contributed by atoms with E-state index in [0.717, 1.165) is 5.56 Å². The van der Waals surface area contributed by atoms with Gasteiger partial charge in [-0.15, -0.1) is 0 Å². The second-order valence-electron chi connectivity index (χ2n) is 4.05. The van der Waals surface area contributed by atoms with E-state index in [0.29, 0.717) is 6.42 Å². The van der Waals surface area contributed by atoms with Gasteiger partial charge in [0, 0.05) is 17.8 Å². The van der Waals surface area contributed by atoms with Gasteiger partial charge < -0.3 is 10.4 Å². The molecule has 0 fully saturated rings. The van der Waals surface area contributed by atoms with Gasteiger partial charge in [0.15, 0.2) is 0 Å². The molecule has 2 N–H and O–H groups in total. The highest BCUT2D eigenvalue weighted by Crippen LogP contribution is 2.10. The number of aliphatic carboxylic acids is 1. The van der Waals surface area contributed by atoms with Crippen molar-refractivity contribution in [2.75, 3.05) is 12.8 Å². The van der Waals surface area contributed by atoms with E-state index >= 15 is 0 Å². The van der Waals surface area contributed by atoms with Crippen LogP contribution in [0.5, 0.6) is 0 Å². The van der Waals surface area contributed by atoms with Crippen LogP contribution in [-0.2, 0) is 26.8 Å². The third-order valence-corrected chi connectivity index (χ3v) is 4.30. The van der Waals surface area contributed by atoms with E-state index in [4.69, 9.17) is 5.11 Å². The number of rotatable bonds is 7. The summed E-state index contributed by atoms with van der Waals surface area (Å²) in [6.45, 7) is 0. The zero-order valence-electron chi connectivity index (χ0n) is 10.7. The summed E-state index contributed by atoms with van der Waals surface area (Å²) in [6.07, 6.45) is 0.778. The monoisotopic (exact) mass is 283 g/mol. The second kappa shape index (κ2) is 7.68. The van der Waals surface area contributed by atoms with Crippen LogP contribution in [0.1, 0.15) is 12.0 Å². The number of aryl methyl sites for hydroxylation is 1. The van der Waals surface area contributed by atoms with Crippen LogP contribution in [0.4, 0.5) is 0 Å². The zero-order valence-corrected chi connectivity index (χ0v) is 11.5. The summed E-state index contributed by atoms with van der Waals surface area (Å²) in [5.74, 6) is -1.81. The molecule has 1 amide bonds. The Kier molecular flexibility index (Phi) is 6.21. The molecule has 0 aliphatic rings. The lowest BCUT2D eigenvalue weighted by molar-refractivity contribution is -0.136. The number of benzene rings is 1. The van der Waals surface area contributed by atoms with Gasteiger partial charge >= 0.3 is 5.97 Å². The minimum absolute atomic E-state index is 0.253. The molecule has 2 unspecified atom stereocenters. The van der Waals surface area contributed by atoms with E-state index in [2.05, 4.69) is 5.32 Å². The van der Waals surface area contributed by atoms with Crippen LogP contribution in [0.3, 0.4) is 0 Å². The Morgan fingerprint density at radius 1 is 1.32 bits per heavy atom. The molecular weight excluding hydrogens is 266 g/mol. The van der Waals surface area contributed by atoms with Crippen LogP contribution in [-0.4, -0.2) is 39.2 Å². The van der Waals surface area contributed by atoms with Gasteiger partial charge in [0.05, 0.1) is 0 Å². The third-order valence-electron chi connectivity index (χ3n) is 2.68. The van der Waals surface area contributed by atoms with Crippen molar-refractivity contribution in [3.8, 4) is 0 Å². The molecule has 0 saturated heterocycles. The van der Waals surface area contributed by atoms with Crippen LogP contribution < -0.4 is 5.32 Å². The first-order valence-corrected chi connectivity index (χ1v) is 7.27. The fourth-order valence-corrected chi connectivity index (χ4v) is 2.82. The molecular formula is C13H17NO4S. The number of amides is 1. The van der Waals surface area contributed by atoms with Gasteiger partial charge in [-0.3, -0.25) is 13.8 Å². The first kappa shape index (κ1) is 15.4. The van der Waals surface area contributed by atoms with E-state index in [-0.39, 0.29) is 12.2 Å². The van der Waals surface area contributed by atoms with Crippen LogP contribution in [0.25, 0.3) is 0 Å². The van der Waals surface area contributed by atoms with Crippen molar-refractivity contribution in [3.05, 3.63) is 35.9 Å². The highest BCUT2D eigenvalue weighted by Gasteiger charge is 2.25. The lowest BCUT2D eigenvalue weighted by Gasteiger charge is -2.11. The molecule has 0 spiro atoms. The van der Waals surface area contributed by atoms with Crippen molar-refractivity contribution in [2.45, 2.75) is 18.1 Å². The molecule has 6 heteroatoms. The SMILES string of the molecule is CNC(=O)CS(=O)C(CCc1ccccc1)C(=O)O. The van der Waals surface area contributed by atoms with Crippen molar-refractivity contribution in [1.82, 2.24) is 5.32 Å². The highest BCUT2D eigenvalue weighted by atomic mass is 32.2. The van der Waals surface area contributed by atoms with Gasteiger partial charge in [-0.1, -0.05) is 30.3 Å². The Bertz CT molecular complexity index is 461. The fraction of sp³-hybridized carbons (Fsp3) is 0.385. The third kappa shape index (κ3) is 5.21. The van der Waals surface area contributed by atoms with Crippen LogP contribution in [0.15, 0.2) is 30.3 Å². The van der Waals surface area contributed by atoms with E-state index in [1.54, 1.807) is 0 Å². The largest absolute Gasteiger partial charge is 0.480 e. The normalized spacial score (nSPS) is 13.5. The van der Waals surface area contributed by atoms with Crippen molar-refractivity contribution >= 4 is 22.7 Å². The van der Waals surface area contributed by atoms with E-state index < -0.39 is 27.9 Å². The molecule has 0 aliphatic heterocycles.